The molecule has 0 unspecified atom stereocenters. The van der Waals surface area contributed by atoms with Gasteiger partial charge < -0.3 is 10.1 Å². The third-order valence-corrected chi connectivity index (χ3v) is 4.47. The van der Waals surface area contributed by atoms with Gasteiger partial charge in [0.25, 0.3) is 0 Å². The molecule has 0 fully saturated rings. The molecule has 0 bridgehead atoms. The quantitative estimate of drug-likeness (QED) is 0.713. The van der Waals surface area contributed by atoms with Crippen LogP contribution in [0.3, 0.4) is 0 Å². The van der Waals surface area contributed by atoms with Gasteiger partial charge in [0.05, 0.1) is 12.9 Å². The molecule has 3 nitrogen and oxygen atoms in total. The molecule has 2 rings (SSSR count). The van der Waals surface area contributed by atoms with Gasteiger partial charge >= 0.3 is 0 Å². The van der Waals surface area contributed by atoms with Gasteiger partial charge in [0.2, 0.25) is 5.91 Å². The largest absolute Gasteiger partial charge is 0.497 e. The molecular weight excluding hydrogens is 306 g/mol. The Hall–Kier alpha value is -1.94. The molecule has 0 spiro atoms. The van der Waals surface area contributed by atoms with Gasteiger partial charge in [-0.15, -0.1) is 11.8 Å². The van der Waals surface area contributed by atoms with Crippen LogP contribution in [0.5, 0.6) is 5.75 Å². The molecule has 0 saturated heterocycles. The molecule has 23 heavy (non-hydrogen) atoms. The lowest BCUT2D eigenvalue weighted by Gasteiger charge is -2.06. The highest BCUT2D eigenvalue weighted by atomic mass is 32.2. The minimum atomic E-state index is 0.112. The topological polar surface area (TPSA) is 38.3 Å². The molecule has 1 amide bonds. The molecule has 0 radical (unpaired) electrons. The van der Waals surface area contributed by atoms with Crippen LogP contribution < -0.4 is 10.1 Å². The first kappa shape index (κ1) is 17.4. The summed E-state index contributed by atoms with van der Waals surface area (Å²) in [5.41, 5.74) is 2.52. The predicted molar refractivity (Wildman–Crippen MR) is 96.9 cm³/mol. The van der Waals surface area contributed by atoms with Crippen LogP contribution in [0.25, 0.3) is 0 Å². The SMILES string of the molecule is COc1ccc(CCCNC(=O)CSCc2ccccc2)cc1. The van der Waals surface area contributed by atoms with E-state index < -0.39 is 0 Å². The molecule has 0 saturated carbocycles. The van der Waals surface area contributed by atoms with Crippen molar-refractivity contribution in [1.82, 2.24) is 5.32 Å². The molecular formula is C19H23NO2S. The summed E-state index contributed by atoms with van der Waals surface area (Å²) < 4.78 is 5.14. The van der Waals surface area contributed by atoms with Crippen molar-refractivity contribution in [2.24, 2.45) is 0 Å². The van der Waals surface area contributed by atoms with Crippen LogP contribution in [0.2, 0.25) is 0 Å². The Balaban J connectivity index is 1.55. The lowest BCUT2D eigenvalue weighted by atomic mass is 10.1. The van der Waals surface area contributed by atoms with Gasteiger partial charge in [-0.2, -0.15) is 0 Å². The van der Waals surface area contributed by atoms with E-state index in [0.717, 1.165) is 30.9 Å². The second-order valence-corrected chi connectivity index (χ2v) is 6.27. The number of benzene rings is 2. The number of methoxy groups -OCH3 is 1. The third-order valence-electron chi connectivity index (χ3n) is 3.47. The number of amides is 1. The van der Waals surface area contributed by atoms with Gasteiger partial charge in [0.1, 0.15) is 5.75 Å². The predicted octanol–water partition coefficient (Wildman–Crippen LogP) is 3.68. The molecule has 122 valence electrons. The Bertz CT molecular complexity index is 584. The first-order valence-corrected chi connectivity index (χ1v) is 8.94. The van der Waals surface area contributed by atoms with Gasteiger partial charge in [-0.05, 0) is 36.1 Å². The number of aryl methyl sites for hydroxylation is 1. The van der Waals surface area contributed by atoms with Crippen molar-refractivity contribution >= 4 is 17.7 Å². The smallest absolute Gasteiger partial charge is 0.230 e. The maximum atomic E-state index is 11.8. The van der Waals surface area contributed by atoms with Crippen molar-refractivity contribution in [3.05, 3.63) is 65.7 Å². The van der Waals surface area contributed by atoms with E-state index in [0.29, 0.717) is 5.75 Å². The monoisotopic (exact) mass is 329 g/mol. The van der Waals surface area contributed by atoms with Crippen molar-refractivity contribution in [3.63, 3.8) is 0 Å². The van der Waals surface area contributed by atoms with Gasteiger partial charge in [0, 0.05) is 12.3 Å². The number of rotatable bonds is 9. The number of thioether (sulfide) groups is 1. The lowest BCUT2D eigenvalue weighted by molar-refractivity contribution is -0.118. The van der Waals surface area contributed by atoms with Crippen LogP contribution in [-0.2, 0) is 17.0 Å². The van der Waals surface area contributed by atoms with Crippen molar-refractivity contribution < 1.29 is 9.53 Å². The normalized spacial score (nSPS) is 10.3. The second kappa shape index (κ2) is 9.95. The summed E-state index contributed by atoms with van der Waals surface area (Å²) in [6, 6.07) is 18.3. The van der Waals surface area contributed by atoms with Crippen LogP contribution in [0, 0.1) is 0 Å². The summed E-state index contributed by atoms with van der Waals surface area (Å²) in [7, 11) is 1.67. The molecule has 0 aliphatic rings. The first-order chi connectivity index (χ1) is 11.3. The highest BCUT2D eigenvalue weighted by Gasteiger charge is 2.02. The summed E-state index contributed by atoms with van der Waals surface area (Å²) in [6.45, 7) is 0.719. The standard InChI is InChI=1S/C19H23NO2S/c1-22-18-11-9-16(10-12-18)8-5-13-20-19(21)15-23-14-17-6-3-2-4-7-17/h2-4,6-7,9-12H,5,8,13-15H2,1H3,(H,20,21). The number of hydrogen-bond acceptors (Lipinski definition) is 3. The molecule has 2 aromatic carbocycles. The molecule has 0 aliphatic heterocycles. The van der Waals surface area contributed by atoms with Crippen molar-refractivity contribution in [2.45, 2.75) is 18.6 Å². The Labute approximate surface area is 142 Å². The van der Waals surface area contributed by atoms with E-state index in [-0.39, 0.29) is 5.91 Å². The highest BCUT2D eigenvalue weighted by molar-refractivity contribution is 7.99. The van der Waals surface area contributed by atoms with E-state index in [1.807, 2.05) is 30.3 Å². The van der Waals surface area contributed by atoms with E-state index >= 15 is 0 Å². The number of hydrogen-bond donors (Lipinski definition) is 1. The zero-order chi connectivity index (χ0) is 16.3. The van der Waals surface area contributed by atoms with E-state index in [1.54, 1.807) is 18.9 Å². The van der Waals surface area contributed by atoms with Gasteiger partial charge in [-0.3, -0.25) is 4.79 Å². The maximum Gasteiger partial charge on any atom is 0.230 e. The summed E-state index contributed by atoms with van der Waals surface area (Å²) >= 11 is 1.65. The maximum absolute atomic E-state index is 11.8. The molecule has 0 aliphatic carbocycles. The summed E-state index contributed by atoms with van der Waals surface area (Å²) in [5, 5.41) is 2.98. The van der Waals surface area contributed by atoms with Gasteiger partial charge in [0.15, 0.2) is 0 Å². The molecule has 0 aromatic heterocycles. The Morgan fingerprint density at radius 3 is 2.48 bits per heavy atom. The van der Waals surface area contributed by atoms with E-state index in [4.69, 9.17) is 4.74 Å². The van der Waals surface area contributed by atoms with Crippen LogP contribution in [0.1, 0.15) is 17.5 Å². The van der Waals surface area contributed by atoms with Crippen molar-refractivity contribution in [1.29, 1.82) is 0 Å². The summed E-state index contributed by atoms with van der Waals surface area (Å²) in [4.78, 5) is 11.8. The van der Waals surface area contributed by atoms with Crippen LogP contribution in [0.15, 0.2) is 54.6 Å². The molecule has 4 heteroatoms. The number of ether oxygens (including phenoxy) is 1. The van der Waals surface area contributed by atoms with Crippen molar-refractivity contribution in [3.8, 4) is 5.75 Å². The van der Waals surface area contributed by atoms with Gasteiger partial charge in [-0.25, -0.2) is 0 Å². The van der Waals surface area contributed by atoms with E-state index in [1.165, 1.54) is 11.1 Å². The minimum Gasteiger partial charge on any atom is -0.497 e. The van der Waals surface area contributed by atoms with Crippen LogP contribution in [0.4, 0.5) is 0 Å². The number of nitrogens with one attached hydrogen (secondary N) is 1. The number of carbonyl (C=O) groups is 1. The van der Waals surface area contributed by atoms with Gasteiger partial charge in [-0.1, -0.05) is 42.5 Å². The summed E-state index contributed by atoms with van der Waals surface area (Å²) in [6.07, 6.45) is 1.91. The molecule has 1 N–H and O–H groups in total. The second-order valence-electron chi connectivity index (χ2n) is 5.28. The minimum absolute atomic E-state index is 0.112. The third kappa shape index (κ3) is 6.78. The fraction of sp³-hybridized carbons (Fsp3) is 0.316. The Morgan fingerprint density at radius 2 is 1.78 bits per heavy atom. The average molecular weight is 329 g/mol. The first-order valence-electron chi connectivity index (χ1n) is 7.79. The Morgan fingerprint density at radius 1 is 1.04 bits per heavy atom. The summed E-state index contributed by atoms with van der Waals surface area (Å²) in [5.74, 6) is 2.37. The molecule has 0 atom stereocenters. The zero-order valence-corrected chi connectivity index (χ0v) is 14.3. The van der Waals surface area contributed by atoms with Crippen molar-refractivity contribution in [2.75, 3.05) is 19.4 Å². The number of carbonyl (C=O) groups excluding carboxylic acids is 1. The van der Waals surface area contributed by atoms with Crippen LogP contribution in [-0.4, -0.2) is 25.3 Å². The fourth-order valence-corrected chi connectivity index (χ4v) is 3.02. The zero-order valence-electron chi connectivity index (χ0n) is 13.5. The lowest BCUT2D eigenvalue weighted by Crippen LogP contribution is -2.26. The fourth-order valence-electron chi connectivity index (χ4n) is 2.20. The van der Waals surface area contributed by atoms with E-state index in [9.17, 15) is 4.79 Å². The Kier molecular flexibility index (Phi) is 7.54. The average Bonchev–Trinajstić information content (AvgIpc) is 2.60. The molecule has 0 heterocycles. The van der Waals surface area contributed by atoms with Crippen LogP contribution >= 0.6 is 11.8 Å². The highest BCUT2D eigenvalue weighted by Crippen LogP contribution is 2.13. The molecule has 2 aromatic rings. The van der Waals surface area contributed by atoms with E-state index in [2.05, 4.69) is 29.6 Å².